The number of guanidine groups is 1. The van der Waals surface area contributed by atoms with Gasteiger partial charge in [-0.25, -0.2) is 5.48 Å². The molecular weight excluding hydrogens is 148 g/mol. The number of amides is 1. The predicted molar refractivity (Wildman–Crippen MR) is 40.4 cm³/mol. The Morgan fingerprint density at radius 1 is 1.64 bits per heavy atom. The van der Waals surface area contributed by atoms with Crippen LogP contribution in [0.15, 0.2) is 4.99 Å². The Balaban J connectivity index is 3.38. The number of nitrogens with one attached hydrogen (secondary N) is 1. The van der Waals surface area contributed by atoms with Crippen molar-refractivity contribution >= 4 is 11.9 Å². The fourth-order valence-electron chi connectivity index (χ4n) is 0.384. The Morgan fingerprint density at radius 2 is 2.27 bits per heavy atom. The van der Waals surface area contributed by atoms with Gasteiger partial charge >= 0.3 is 0 Å². The zero-order valence-corrected chi connectivity index (χ0v) is 6.33. The smallest absolute Gasteiger partial charge is 0.246 e. The van der Waals surface area contributed by atoms with Gasteiger partial charge in [-0.15, -0.1) is 0 Å². The molecule has 0 aromatic heterocycles. The van der Waals surface area contributed by atoms with Crippen molar-refractivity contribution in [1.29, 1.82) is 0 Å². The molecular formula is C5H12N4O2. The van der Waals surface area contributed by atoms with Gasteiger partial charge in [0.15, 0.2) is 6.61 Å². The number of carbonyl (C=O) groups excluding carboxylic acids is 1. The second-order valence-electron chi connectivity index (χ2n) is 1.72. The number of aliphatic imine (C=N–C) groups is 1. The van der Waals surface area contributed by atoms with Crippen LogP contribution in [-0.2, 0) is 9.63 Å². The first-order valence-electron chi connectivity index (χ1n) is 3.12. The highest BCUT2D eigenvalue weighted by Crippen LogP contribution is 1.68. The lowest BCUT2D eigenvalue weighted by Crippen LogP contribution is -2.34. The number of nitrogens with two attached hydrogens (primary N) is 2. The van der Waals surface area contributed by atoms with Crippen LogP contribution in [0, 0.1) is 0 Å². The molecule has 64 valence electrons. The van der Waals surface area contributed by atoms with E-state index in [-0.39, 0.29) is 12.6 Å². The van der Waals surface area contributed by atoms with Gasteiger partial charge in [-0.1, -0.05) is 0 Å². The molecule has 0 rings (SSSR count). The van der Waals surface area contributed by atoms with E-state index in [9.17, 15) is 4.79 Å². The van der Waals surface area contributed by atoms with Crippen LogP contribution in [-0.4, -0.2) is 25.0 Å². The third-order valence-corrected chi connectivity index (χ3v) is 0.720. The average Bonchev–Trinajstić information content (AvgIpc) is 1.87. The van der Waals surface area contributed by atoms with E-state index >= 15 is 0 Å². The number of nitrogens with zero attached hydrogens (tertiary/aromatic N) is 1. The number of hydrogen-bond donors (Lipinski definition) is 3. The maximum atomic E-state index is 10.1. The molecule has 5 N–H and O–H groups in total. The molecule has 0 heterocycles. The molecule has 0 aliphatic rings. The second kappa shape index (κ2) is 5.48. The van der Waals surface area contributed by atoms with E-state index in [0.717, 1.165) is 0 Å². The van der Waals surface area contributed by atoms with Crippen molar-refractivity contribution in [2.24, 2.45) is 16.5 Å². The van der Waals surface area contributed by atoms with Crippen LogP contribution < -0.4 is 16.9 Å². The van der Waals surface area contributed by atoms with Gasteiger partial charge in [0.05, 0.1) is 0 Å². The van der Waals surface area contributed by atoms with Crippen molar-refractivity contribution in [3.63, 3.8) is 0 Å². The highest BCUT2D eigenvalue weighted by molar-refractivity contribution is 5.78. The van der Waals surface area contributed by atoms with Gasteiger partial charge in [-0.2, -0.15) is 0 Å². The summed E-state index contributed by atoms with van der Waals surface area (Å²) in [7, 11) is 0. The standard InChI is InChI=1S/C5H12N4O2/c1-2-8-5(7)9-11-3-4(6)10/h2-3H2,1H3,(H2,6,10)(H3,7,8,9). The van der Waals surface area contributed by atoms with Crippen molar-refractivity contribution in [2.75, 3.05) is 13.2 Å². The summed E-state index contributed by atoms with van der Waals surface area (Å²) in [5, 5.41) is 0. The lowest BCUT2D eigenvalue weighted by Gasteiger charge is -2.02. The molecule has 0 spiro atoms. The molecule has 0 aromatic carbocycles. The van der Waals surface area contributed by atoms with Crippen LogP contribution in [0.1, 0.15) is 6.92 Å². The Labute approximate surface area is 64.6 Å². The van der Waals surface area contributed by atoms with Crippen LogP contribution >= 0.6 is 0 Å². The van der Waals surface area contributed by atoms with Crippen molar-refractivity contribution < 1.29 is 9.63 Å². The largest absolute Gasteiger partial charge is 0.368 e. The number of primary amides is 1. The Kier molecular flexibility index (Phi) is 4.83. The van der Waals surface area contributed by atoms with E-state index in [4.69, 9.17) is 11.5 Å². The molecule has 6 heteroatoms. The normalized spacial score (nSPS) is 11.2. The summed E-state index contributed by atoms with van der Waals surface area (Å²) >= 11 is 0. The zero-order chi connectivity index (χ0) is 8.69. The van der Waals surface area contributed by atoms with Gasteiger partial charge in [0.25, 0.3) is 0 Å². The highest BCUT2D eigenvalue weighted by atomic mass is 16.6. The van der Waals surface area contributed by atoms with Crippen molar-refractivity contribution in [1.82, 2.24) is 5.48 Å². The van der Waals surface area contributed by atoms with E-state index in [1.54, 1.807) is 0 Å². The highest BCUT2D eigenvalue weighted by Gasteiger charge is 1.93. The van der Waals surface area contributed by atoms with Crippen LogP contribution in [0.25, 0.3) is 0 Å². The van der Waals surface area contributed by atoms with E-state index in [1.165, 1.54) is 0 Å². The average molecular weight is 160 g/mol. The molecule has 0 bridgehead atoms. The summed E-state index contributed by atoms with van der Waals surface area (Å²) in [6, 6.07) is 0. The lowest BCUT2D eigenvalue weighted by atomic mass is 10.7. The number of carbonyl (C=O) groups is 1. The quantitative estimate of drug-likeness (QED) is 0.260. The number of rotatable bonds is 4. The van der Waals surface area contributed by atoms with Crippen molar-refractivity contribution in [2.45, 2.75) is 6.92 Å². The Hall–Kier alpha value is -1.30. The van der Waals surface area contributed by atoms with Crippen LogP contribution in [0.2, 0.25) is 0 Å². The summed E-state index contributed by atoms with van der Waals surface area (Å²) in [6.45, 7) is 2.15. The predicted octanol–water partition coefficient (Wildman–Crippen LogP) is -1.67. The molecule has 0 fully saturated rings. The van der Waals surface area contributed by atoms with Gasteiger partial charge in [0.2, 0.25) is 11.9 Å². The molecule has 0 saturated carbocycles. The third kappa shape index (κ3) is 6.59. The summed E-state index contributed by atoms with van der Waals surface area (Å²) in [5.74, 6) is -0.435. The second-order valence-corrected chi connectivity index (χ2v) is 1.72. The molecule has 6 nitrogen and oxygen atoms in total. The number of hydrogen-bond acceptors (Lipinski definition) is 3. The molecule has 11 heavy (non-hydrogen) atoms. The Morgan fingerprint density at radius 3 is 2.73 bits per heavy atom. The maximum absolute atomic E-state index is 10.1. The first-order chi connectivity index (χ1) is 5.16. The SMILES string of the molecule is CCN=C(N)NOCC(N)=O. The minimum Gasteiger partial charge on any atom is -0.368 e. The fraction of sp³-hybridized carbons (Fsp3) is 0.600. The van der Waals surface area contributed by atoms with E-state index in [0.29, 0.717) is 6.54 Å². The molecule has 0 aliphatic carbocycles. The summed E-state index contributed by atoms with van der Waals surface area (Å²) < 4.78 is 0. The monoisotopic (exact) mass is 160 g/mol. The van der Waals surface area contributed by atoms with Gasteiger partial charge in [0.1, 0.15) is 0 Å². The summed E-state index contributed by atoms with van der Waals surface area (Å²) in [5.41, 5.74) is 12.2. The molecule has 0 radical (unpaired) electrons. The topological polar surface area (TPSA) is 103 Å². The molecule has 0 atom stereocenters. The van der Waals surface area contributed by atoms with E-state index in [1.807, 2.05) is 6.92 Å². The summed E-state index contributed by atoms with van der Waals surface area (Å²) in [4.78, 5) is 18.4. The molecule has 0 unspecified atom stereocenters. The zero-order valence-electron chi connectivity index (χ0n) is 6.33. The Bertz CT molecular complexity index is 157. The first kappa shape index (κ1) is 9.70. The van der Waals surface area contributed by atoms with E-state index < -0.39 is 5.91 Å². The minimum absolute atomic E-state index is 0.133. The van der Waals surface area contributed by atoms with Gasteiger partial charge in [-0.3, -0.25) is 14.6 Å². The molecule has 1 amide bonds. The molecule has 0 saturated heterocycles. The molecule has 0 aliphatic heterocycles. The van der Waals surface area contributed by atoms with Crippen LogP contribution in [0.4, 0.5) is 0 Å². The fourth-order valence-corrected chi connectivity index (χ4v) is 0.384. The maximum Gasteiger partial charge on any atom is 0.246 e. The third-order valence-electron chi connectivity index (χ3n) is 0.720. The summed E-state index contributed by atoms with van der Waals surface area (Å²) in [6.07, 6.45) is 0. The lowest BCUT2D eigenvalue weighted by molar-refractivity contribution is -0.123. The van der Waals surface area contributed by atoms with Gasteiger partial charge in [-0.05, 0) is 6.92 Å². The van der Waals surface area contributed by atoms with Crippen molar-refractivity contribution in [3.05, 3.63) is 0 Å². The van der Waals surface area contributed by atoms with E-state index in [2.05, 4.69) is 15.3 Å². The first-order valence-corrected chi connectivity index (χ1v) is 3.12. The molecule has 0 aromatic rings. The number of hydroxylamine groups is 1. The minimum atomic E-state index is -0.568. The van der Waals surface area contributed by atoms with Gasteiger partial charge < -0.3 is 11.5 Å². The van der Waals surface area contributed by atoms with Crippen molar-refractivity contribution in [3.8, 4) is 0 Å². The van der Waals surface area contributed by atoms with Crippen LogP contribution in [0.5, 0.6) is 0 Å². The van der Waals surface area contributed by atoms with Crippen LogP contribution in [0.3, 0.4) is 0 Å². The van der Waals surface area contributed by atoms with Gasteiger partial charge in [0, 0.05) is 6.54 Å².